The minimum Gasteiger partial charge on any atom is -0.466 e. The molecule has 0 aliphatic carbocycles. The summed E-state index contributed by atoms with van der Waals surface area (Å²) in [6.45, 7) is 3.51. The largest absolute Gasteiger partial charge is 0.466 e. The Kier molecular flexibility index (Phi) is 5.27. The summed E-state index contributed by atoms with van der Waals surface area (Å²) in [5.41, 5.74) is 2.28. The molecule has 0 amide bonds. The highest BCUT2D eigenvalue weighted by molar-refractivity contribution is 5.97. The average molecular weight is 388 g/mol. The maximum absolute atomic E-state index is 13.3. The van der Waals surface area contributed by atoms with Crippen LogP contribution < -0.4 is 5.32 Å². The number of rotatable bonds is 3. The van der Waals surface area contributed by atoms with Gasteiger partial charge in [-0.3, -0.25) is 4.98 Å². The molecule has 0 saturated heterocycles. The Morgan fingerprint density at radius 2 is 1.86 bits per heavy atom. The molecule has 7 heteroatoms. The van der Waals surface area contributed by atoms with Crippen molar-refractivity contribution in [3.8, 4) is 0 Å². The van der Waals surface area contributed by atoms with Crippen molar-refractivity contribution < 1.29 is 22.7 Å². The van der Waals surface area contributed by atoms with Crippen LogP contribution in [-0.2, 0) is 15.7 Å². The van der Waals surface area contributed by atoms with Crippen LogP contribution in [0.25, 0.3) is 5.57 Å². The number of esters is 1. The molecule has 1 aromatic carbocycles. The van der Waals surface area contributed by atoms with Crippen LogP contribution in [-0.4, -0.2) is 18.1 Å². The molecule has 0 bridgehead atoms. The van der Waals surface area contributed by atoms with E-state index in [2.05, 4.69) is 10.3 Å². The lowest BCUT2D eigenvalue weighted by atomic mass is 9.78. The number of carbonyl (C=O) groups excluding carboxylic acids is 1. The molecule has 1 aliphatic heterocycles. The van der Waals surface area contributed by atoms with Crippen molar-refractivity contribution in [2.24, 2.45) is 0 Å². The molecule has 0 radical (unpaired) electrons. The van der Waals surface area contributed by atoms with Crippen LogP contribution in [0.5, 0.6) is 0 Å². The Labute approximate surface area is 160 Å². The van der Waals surface area contributed by atoms with Crippen molar-refractivity contribution >= 4 is 11.5 Å². The van der Waals surface area contributed by atoms with Gasteiger partial charge in [0.2, 0.25) is 0 Å². The third-order valence-corrected chi connectivity index (χ3v) is 4.65. The first-order valence-electron chi connectivity index (χ1n) is 8.59. The van der Waals surface area contributed by atoms with Gasteiger partial charge in [0, 0.05) is 29.1 Å². The third-order valence-electron chi connectivity index (χ3n) is 4.65. The average Bonchev–Trinajstić information content (AvgIpc) is 2.67. The molecule has 1 aromatic heterocycles. The lowest BCUT2D eigenvalue weighted by Crippen LogP contribution is -2.28. The molecule has 1 unspecified atom stereocenters. The molecular weight excluding hydrogens is 369 g/mol. The number of hydrogen-bond donors (Lipinski definition) is 1. The van der Waals surface area contributed by atoms with E-state index < -0.39 is 23.6 Å². The van der Waals surface area contributed by atoms with Gasteiger partial charge in [0.05, 0.1) is 23.9 Å². The second-order valence-electron chi connectivity index (χ2n) is 6.47. The van der Waals surface area contributed by atoms with E-state index in [0.717, 1.165) is 12.1 Å². The summed E-state index contributed by atoms with van der Waals surface area (Å²) in [6, 6.07) is 10.3. The van der Waals surface area contributed by atoms with Crippen LogP contribution >= 0.6 is 0 Å². The summed E-state index contributed by atoms with van der Waals surface area (Å²) in [6.07, 6.45) is -2.89. The minimum absolute atomic E-state index is 0.257. The molecule has 2 heterocycles. The fourth-order valence-corrected chi connectivity index (χ4v) is 3.46. The highest BCUT2D eigenvalue weighted by atomic mass is 19.4. The molecular formula is C21H19F3N2O2. The Hall–Kier alpha value is -3.09. The highest BCUT2D eigenvalue weighted by Gasteiger charge is 2.37. The number of alkyl halides is 3. The molecule has 0 fully saturated rings. The normalized spacial score (nSPS) is 17.4. The Morgan fingerprint density at radius 3 is 2.46 bits per heavy atom. The summed E-state index contributed by atoms with van der Waals surface area (Å²) < 4.78 is 44.8. The first kappa shape index (κ1) is 19.7. The standard InChI is InChI=1S/C21H19F3N2O2/c1-12-17(16-9-4-5-10-25-16)19(18(13(2)26-12)20(27)28-3)14-7-6-8-15(11-14)21(22,23)24/h4-11,19,26H,1-3H3. The zero-order valence-electron chi connectivity index (χ0n) is 15.6. The second kappa shape index (κ2) is 7.50. The van der Waals surface area contributed by atoms with E-state index in [1.54, 1.807) is 37.4 Å². The molecule has 146 valence electrons. The van der Waals surface area contributed by atoms with Crippen molar-refractivity contribution in [1.82, 2.24) is 10.3 Å². The summed E-state index contributed by atoms with van der Waals surface area (Å²) in [5, 5.41) is 3.13. The van der Waals surface area contributed by atoms with E-state index in [1.165, 1.54) is 13.2 Å². The number of pyridine rings is 1. The monoisotopic (exact) mass is 388 g/mol. The highest BCUT2D eigenvalue weighted by Crippen LogP contribution is 2.44. The van der Waals surface area contributed by atoms with Gasteiger partial charge >= 0.3 is 12.1 Å². The number of carbonyl (C=O) groups is 1. The van der Waals surface area contributed by atoms with Gasteiger partial charge < -0.3 is 10.1 Å². The lowest BCUT2D eigenvalue weighted by molar-refractivity contribution is -0.137. The molecule has 1 atom stereocenters. The number of nitrogens with one attached hydrogen (secondary N) is 1. The summed E-state index contributed by atoms with van der Waals surface area (Å²) in [7, 11) is 1.25. The molecule has 28 heavy (non-hydrogen) atoms. The van der Waals surface area contributed by atoms with E-state index in [4.69, 9.17) is 4.74 Å². The van der Waals surface area contributed by atoms with Gasteiger partial charge in [-0.25, -0.2) is 4.79 Å². The van der Waals surface area contributed by atoms with Crippen molar-refractivity contribution in [2.45, 2.75) is 25.9 Å². The third kappa shape index (κ3) is 3.65. The number of allylic oxidation sites excluding steroid dienone is 3. The summed E-state index contributed by atoms with van der Waals surface area (Å²) in [5.74, 6) is -1.35. The van der Waals surface area contributed by atoms with Gasteiger partial charge in [0.25, 0.3) is 0 Å². The van der Waals surface area contributed by atoms with E-state index in [0.29, 0.717) is 28.2 Å². The second-order valence-corrected chi connectivity index (χ2v) is 6.47. The van der Waals surface area contributed by atoms with Gasteiger partial charge in [-0.2, -0.15) is 13.2 Å². The smallest absolute Gasteiger partial charge is 0.416 e. The predicted molar refractivity (Wildman–Crippen MR) is 98.9 cm³/mol. The Bertz CT molecular complexity index is 963. The van der Waals surface area contributed by atoms with Crippen LogP contribution in [0.2, 0.25) is 0 Å². The number of halogens is 3. The summed E-state index contributed by atoms with van der Waals surface area (Å²) in [4.78, 5) is 16.9. The van der Waals surface area contributed by atoms with Crippen molar-refractivity contribution in [1.29, 1.82) is 0 Å². The fourth-order valence-electron chi connectivity index (χ4n) is 3.46. The minimum atomic E-state index is -4.49. The molecule has 3 rings (SSSR count). The zero-order chi connectivity index (χ0) is 20.5. The quantitative estimate of drug-likeness (QED) is 0.777. The van der Waals surface area contributed by atoms with Gasteiger partial charge in [-0.15, -0.1) is 0 Å². The van der Waals surface area contributed by atoms with E-state index >= 15 is 0 Å². The number of methoxy groups -OCH3 is 1. The van der Waals surface area contributed by atoms with Crippen molar-refractivity contribution in [2.75, 3.05) is 7.11 Å². The van der Waals surface area contributed by atoms with Gasteiger partial charge in [0.15, 0.2) is 0 Å². The molecule has 1 aliphatic rings. The molecule has 4 nitrogen and oxygen atoms in total. The summed E-state index contributed by atoms with van der Waals surface area (Å²) >= 11 is 0. The number of nitrogens with zero attached hydrogens (tertiary/aromatic N) is 1. The predicted octanol–water partition coefficient (Wildman–Crippen LogP) is 4.67. The number of aromatic nitrogens is 1. The van der Waals surface area contributed by atoms with Crippen LogP contribution in [0, 0.1) is 0 Å². The molecule has 0 saturated carbocycles. The van der Waals surface area contributed by atoms with Crippen LogP contribution in [0.3, 0.4) is 0 Å². The number of ether oxygens (including phenoxy) is 1. The molecule has 2 aromatic rings. The van der Waals surface area contributed by atoms with Crippen LogP contribution in [0.4, 0.5) is 13.2 Å². The topological polar surface area (TPSA) is 51.2 Å². The number of dihydropyridines is 1. The number of hydrogen-bond acceptors (Lipinski definition) is 4. The number of benzene rings is 1. The van der Waals surface area contributed by atoms with E-state index in [1.807, 2.05) is 6.92 Å². The lowest BCUT2D eigenvalue weighted by Gasteiger charge is -2.31. The van der Waals surface area contributed by atoms with Gasteiger partial charge in [-0.1, -0.05) is 24.3 Å². The maximum atomic E-state index is 13.3. The van der Waals surface area contributed by atoms with E-state index in [9.17, 15) is 18.0 Å². The van der Waals surface area contributed by atoms with Crippen molar-refractivity contribution in [3.63, 3.8) is 0 Å². The zero-order valence-corrected chi connectivity index (χ0v) is 15.6. The van der Waals surface area contributed by atoms with Crippen molar-refractivity contribution in [3.05, 3.63) is 82.4 Å². The first-order valence-corrected chi connectivity index (χ1v) is 8.59. The van der Waals surface area contributed by atoms with Gasteiger partial charge in [-0.05, 0) is 37.6 Å². The van der Waals surface area contributed by atoms with E-state index in [-0.39, 0.29) is 5.57 Å². The van der Waals surface area contributed by atoms with Gasteiger partial charge in [0.1, 0.15) is 0 Å². The first-order chi connectivity index (χ1) is 13.2. The molecule has 1 N–H and O–H groups in total. The Balaban J connectivity index is 2.26. The maximum Gasteiger partial charge on any atom is 0.416 e. The SMILES string of the molecule is COC(=O)C1=C(C)NC(C)=C(c2ccccn2)C1c1cccc(C(F)(F)F)c1. The van der Waals surface area contributed by atoms with Crippen LogP contribution in [0.15, 0.2) is 65.6 Å². The Morgan fingerprint density at radius 1 is 1.11 bits per heavy atom. The van der Waals surface area contributed by atoms with Crippen LogP contribution in [0.1, 0.15) is 36.6 Å². The molecule has 0 spiro atoms. The fraction of sp³-hybridized carbons (Fsp3) is 0.238.